The summed E-state index contributed by atoms with van der Waals surface area (Å²) in [5, 5.41) is 7.29. The zero-order valence-electron chi connectivity index (χ0n) is 30.4. The van der Waals surface area contributed by atoms with Crippen molar-refractivity contribution in [3.05, 3.63) is 178 Å². The minimum atomic E-state index is -0.977. The third-order valence-electron chi connectivity index (χ3n) is 8.69. The van der Waals surface area contributed by atoms with Gasteiger partial charge in [-0.25, -0.2) is 14.2 Å². The number of hydrogen-bond donors (Lipinski definition) is 2. The number of hydrogen-bond acceptors (Lipinski definition) is 7. The summed E-state index contributed by atoms with van der Waals surface area (Å²) >= 11 is 3.71. The molecule has 6 rings (SSSR count). The molecule has 0 aliphatic rings. The number of amidine groups is 1. The Bertz CT molecular complexity index is 2120. The van der Waals surface area contributed by atoms with E-state index in [-0.39, 0.29) is 23.3 Å². The van der Waals surface area contributed by atoms with Crippen molar-refractivity contribution in [3.63, 3.8) is 0 Å². The van der Waals surface area contributed by atoms with Gasteiger partial charge in [0.1, 0.15) is 27.8 Å². The number of halogens is 2. The van der Waals surface area contributed by atoms with Gasteiger partial charge in [-0.1, -0.05) is 96.2 Å². The molecule has 1 unspecified atom stereocenters. The summed E-state index contributed by atoms with van der Waals surface area (Å²) in [7, 11) is 0. The van der Waals surface area contributed by atoms with Gasteiger partial charge in [-0.05, 0) is 83.7 Å². The summed E-state index contributed by atoms with van der Waals surface area (Å²) in [5.41, 5.74) is 9.40. The lowest BCUT2D eigenvalue weighted by Crippen LogP contribution is -2.39. The second-order valence-electron chi connectivity index (χ2n) is 12.7. The maximum atomic E-state index is 17.1. The molecule has 6 aromatic rings. The number of oxime groups is 1. The van der Waals surface area contributed by atoms with Crippen LogP contribution in [0.1, 0.15) is 67.4 Å². The number of rotatable bonds is 14. The van der Waals surface area contributed by atoms with Crippen LogP contribution >= 0.6 is 15.9 Å². The normalized spacial score (nSPS) is 12.3. The predicted octanol–water partition coefficient (Wildman–Crippen LogP) is 9.20. The van der Waals surface area contributed by atoms with Gasteiger partial charge >= 0.3 is 5.97 Å². The smallest absolute Gasteiger partial charge is 0.332 e. The van der Waals surface area contributed by atoms with E-state index >= 15 is 4.39 Å². The number of benzene rings is 5. The molecule has 1 aromatic heterocycles. The first-order chi connectivity index (χ1) is 26.1. The van der Waals surface area contributed by atoms with Crippen molar-refractivity contribution < 1.29 is 23.5 Å². The fourth-order valence-corrected chi connectivity index (χ4v) is 6.92. The van der Waals surface area contributed by atoms with Crippen molar-refractivity contribution in [2.75, 3.05) is 11.9 Å². The highest BCUT2D eigenvalue weighted by Gasteiger charge is 2.42. The summed E-state index contributed by atoms with van der Waals surface area (Å²) in [6.07, 6.45) is 1.63. The van der Waals surface area contributed by atoms with Gasteiger partial charge in [-0.2, -0.15) is 0 Å². The standard InChI is InChI=1S/C43H41BrFN5O4/c1-5-52-35-25-36(39(45)37(26-35)53-28(2)3)40(47-34-23-21-30(22-24-34)41(46)49-54-29(4)51)42-48-38(44)27-50(42)43(31-15-9-6-10-16-31,32-17-11-7-12-18-32)33-19-13-8-14-20-33/h6-28,40,47H,5H2,1-4H3,(H2,46,49). The lowest BCUT2D eigenvalue weighted by molar-refractivity contribution is -0.140. The number of carbonyl (C=O) groups excluding carboxylic acids is 1. The number of anilines is 1. The minimum absolute atomic E-state index is 0.0251. The number of imidazole rings is 1. The zero-order valence-corrected chi connectivity index (χ0v) is 32.0. The summed E-state index contributed by atoms with van der Waals surface area (Å²) in [6.45, 7) is 7.17. The maximum absolute atomic E-state index is 17.1. The number of carbonyl (C=O) groups is 1. The second kappa shape index (κ2) is 16.8. The molecule has 0 aliphatic heterocycles. The predicted molar refractivity (Wildman–Crippen MR) is 212 cm³/mol. The molecule has 0 bridgehead atoms. The topological polar surface area (TPSA) is 113 Å². The lowest BCUT2D eigenvalue weighted by atomic mass is 9.76. The Labute approximate surface area is 322 Å². The van der Waals surface area contributed by atoms with E-state index in [1.165, 1.54) is 6.92 Å². The Kier molecular flexibility index (Phi) is 11.8. The van der Waals surface area contributed by atoms with E-state index in [0.717, 1.165) is 16.7 Å². The first-order valence-corrected chi connectivity index (χ1v) is 18.3. The Morgan fingerprint density at radius 3 is 1.96 bits per heavy atom. The van der Waals surface area contributed by atoms with Crippen LogP contribution in [0.3, 0.4) is 0 Å². The summed E-state index contributed by atoms with van der Waals surface area (Å²) in [5.74, 6) is -0.137. The Balaban J connectivity index is 1.64. The van der Waals surface area contributed by atoms with Gasteiger partial charge in [0.2, 0.25) is 0 Å². The molecule has 0 saturated heterocycles. The molecule has 9 nitrogen and oxygen atoms in total. The molecule has 3 N–H and O–H groups in total. The van der Waals surface area contributed by atoms with Gasteiger partial charge in [0.25, 0.3) is 0 Å². The highest BCUT2D eigenvalue weighted by molar-refractivity contribution is 9.10. The van der Waals surface area contributed by atoms with Gasteiger partial charge in [0.05, 0.1) is 12.7 Å². The van der Waals surface area contributed by atoms with Crippen LogP contribution in [0.25, 0.3) is 0 Å². The van der Waals surface area contributed by atoms with Crippen molar-refractivity contribution in [3.8, 4) is 11.5 Å². The van der Waals surface area contributed by atoms with Crippen LogP contribution in [0.15, 0.2) is 143 Å². The van der Waals surface area contributed by atoms with E-state index in [9.17, 15) is 4.79 Å². The van der Waals surface area contributed by atoms with Crippen molar-refractivity contribution >= 4 is 33.4 Å². The van der Waals surface area contributed by atoms with Gasteiger partial charge in [0.15, 0.2) is 17.4 Å². The molecule has 0 aliphatic carbocycles. The molecule has 276 valence electrons. The molecule has 0 saturated carbocycles. The van der Waals surface area contributed by atoms with Gasteiger partial charge in [0, 0.05) is 36.0 Å². The summed E-state index contributed by atoms with van der Waals surface area (Å²) in [6, 6.07) is 39.9. The van der Waals surface area contributed by atoms with Crippen molar-refractivity contribution in [2.45, 2.75) is 45.4 Å². The first kappa shape index (κ1) is 37.8. The molecule has 0 spiro atoms. The van der Waals surface area contributed by atoms with E-state index in [0.29, 0.717) is 34.0 Å². The lowest BCUT2D eigenvalue weighted by Gasteiger charge is -2.39. The zero-order chi connectivity index (χ0) is 38.2. The quantitative estimate of drug-likeness (QED) is 0.0372. The fourth-order valence-electron chi connectivity index (χ4n) is 6.54. The molecule has 1 heterocycles. The largest absolute Gasteiger partial charge is 0.494 e. The third kappa shape index (κ3) is 8.01. The van der Waals surface area contributed by atoms with Crippen molar-refractivity contribution in [2.24, 2.45) is 10.9 Å². The molecule has 1 atom stereocenters. The van der Waals surface area contributed by atoms with E-state index in [1.807, 2.05) is 81.6 Å². The SMILES string of the molecule is CCOc1cc(OC(C)C)c(F)c(C(Nc2ccc(/C(N)=N/OC(C)=O)cc2)c2nc(Br)cn2C(c2ccccc2)(c2ccccc2)c2ccccc2)c1. The van der Waals surface area contributed by atoms with Crippen LogP contribution in [0.5, 0.6) is 11.5 Å². The molecule has 54 heavy (non-hydrogen) atoms. The molecular formula is C43H41BrFN5O4. The minimum Gasteiger partial charge on any atom is -0.494 e. The molecule has 0 fully saturated rings. The molecule has 0 amide bonds. The van der Waals surface area contributed by atoms with Crippen LogP contribution in [0.2, 0.25) is 0 Å². The Hall–Kier alpha value is -5.94. The van der Waals surface area contributed by atoms with E-state index in [1.54, 1.807) is 36.4 Å². The summed E-state index contributed by atoms with van der Waals surface area (Å²) < 4.78 is 31.7. The van der Waals surface area contributed by atoms with Crippen LogP contribution in [0.4, 0.5) is 10.1 Å². The van der Waals surface area contributed by atoms with Crippen LogP contribution in [-0.4, -0.2) is 34.1 Å². The van der Waals surface area contributed by atoms with E-state index < -0.39 is 23.4 Å². The number of nitrogens with one attached hydrogen (secondary N) is 1. The highest BCUT2D eigenvalue weighted by atomic mass is 79.9. The second-order valence-corrected chi connectivity index (χ2v) is 13.6. The number of nitrogens with two attached hydrogens (primary N) is 1. The third-order valence-corrected chi connectivity index (χ3v) is 9.07. The molecule has 11 heteroatoms. The van der Waals surface area contributed by atoms with Gasteiger partial charge in [-0.3, -0.25) is 0 Å². The van der Waals surface area contributed by atoms with E-state index in [4.69, 9.17) is 25.0 Å². The number of nitrogens with zero attached hydrogens (tertiary/aromatic N) is 3. The van der Waals surface area contributed by atoms with Gasteiger partial charge < -0.3 is 29.9 Å². The van der Waals surface area contributed by atoms with Gasteiger partial charge in [-0.15, -0.1) is 0 Å². The average Bonchev–Trinajstić information content (AvgIpc) is 3.57. The Morgan fingerprint density at radius 2 is 1.46 bits per heavy atom. The number of ether oxygens (including phenoxy) is 2. The molecular weight excluding hydrogens is 749 g/mol. The van der Waals surface area contributed by atoms with Crippen LogP contribution in [0, 0.1) is 5.82 Å². The van der Waals surface area contributed by atoms with Crippen molar-refractivity contribution in [1.82, 2.24) is 9.55 Å². The highest BCUT2D eigenvalue weighted by Crippen LogP contribution is 2.45. The Morgan fingerprint density at radius 1 is 0.907 bits per heavy atom. The first-order valence-electron chi connectivity index (χ1n) is 17.5. The number of aromatic nitrogens is 2. The average molecular weight is 791 g/mol. The maximum Gasteiger partial charge on any atom is 0.332 e. The van der Waals surface area contributed by atoms with Crippen molar-refractivity contribution in [1.29, 1.82) is 0 Å². The molecule has 0 radical (unpaired) electrons. The summed E-state index contributed by atoms with van der Waals surface area (Å²) in [4.78, 5) is 21.2. The van der Waals surface area contributed by atoms with Crippen LogP contribution < -0.4 is 20.5 Å². The molecule has 5 aromatic carbocycles. The van der Waals surface area contributed by atoms with E-state index in [2.05, 4.69) is 67.4 Å². The monoisotopic (exact) mass is 789 g/mol. The fraction of sp³-hybridized carbons (Fsp3) is 0.186. The van der Waals surface area contributed by atoms with Crippen LogP contribution in [-0.2, 0) is 15.2 Å².